The number of ether oxygens (including phenoxy) is 1. The van der Waals surface area contributed by atoms with Crippen LogP contribution in [0.15, 0.2) is 22.7 Å². The molecule has 1 atom stereocenters. The normalized spacial score (nSPS) is 20.0. The van der Waals surface area contributed by atoms with Gasteiger partial charge in [0.1, 0.15) is 5.82 Å². The number of rotatable bonds is 5. The Hall–Kier alpha value is -0.450. The summed E-state index contributed by atoms with van der Waals surface area (Å²) in [5.41, 5.74) is 0.867. The van der Waals surface area contributed by atoms with Crippen molar-refractivity contribution in [3.05, 3.63) is 34.1 Å². The molecule has 1 fully saturated rings. The maximum atomic E-state index is 13.3. The molecule has 0 saturated carbocycles. The first-order chi connectivity index (χ1) is 8.77. The quantitative estimate of drug-likeness (QED) is 0.838. The molecule has 0 bridgehead atoms. The van der Waals surface area contributed by atoms with E-state index in [-0.39, 0.29) is 5.82 Å². The van der Waals surface area contributed by atoms with E-state index in [4.69, 9.17) is 4.74 Å². The zero-order valence-electron chi connectivity index (χ0n) is 10.4. The second kappa shape index (κ2) is 7.22. The summed E-state index contributed by atoms with van der Waals surface area (Å²) in [6.45, 7) is 2.31. The minimum absolute atomic E-state index is 0.231. The molecule has 1 N–H and O–H groups in total. The minimum Gasteiger partial charge on any atom is -0.377 e. The molecule has 2 rings (SSSR count). The van der Waals surface area contributed by atoms with Crippen molar-refractivity contribution in [2.75, 3.05) is 13.2 Å². The summed E-state index contributed by atoms with van der Waals surface area (Å²) in [5.74, 6) is -0.231. The van der Waals surface area contributed by atoms with Crippen LogP contribution in [0.2, 0.25) is 0 Å². The fraction of sp³-hybridized carbons (Fsp3) is 0.571. The SMILES string of the molecule is Fc1cccc(COCCC2CCCCN2)c1Br. The lowest BCUT2D eigenvalue weighted by molar-refractivity contribution is 0.108. The Morgan fingerprint density at radius 3 is 3.06 bits per heavy atom. The first kappa shape index (κ1) is 14.0. The van der Waals surface area contributed by atoms with E-state index in [9.17, 15) is 4.39 Å². The van der Waals surface area contributed by atoms with Crippen LogP contribution >= 0.6 is 15.9 Å². The van der Waals surface area contributed by atoms with Gasteiger partial charge in [-0.05, 0) is 53.4 Å². The van der Waals surface area contributed by atoms with Crippen LogP contribution in [-0.2, 0) is 11.3 Å². The predicted octanol–water partition coefficient (Wildman–Crippen LogP) is 3.64. The highest BCUT2D eigenvalue weighted by Gasteiger charge is 2.12. The molecule has 1 aromatic rings. The second-order valence-corrected chi connectivity index (χ2v) is 5.49. The third-order valence-corrected chi connectivity index (χ3v) is 4.20. The third kappa shape index (κ3) is 4.04. The van der Waals surface area contributed by atoms with Crippen LogP contribution in [0, 0.1) is 5.82 Å². The van der Waals surface area contributed by atoms with Gasteiger partial charge in [0.05, 0.1) is 11.1 Å². The number of benzene rings is 1. The Morgan fingerprint density at radius 1 is 1.39 bits per heavy atom. The van der Waals surface area contributed by atoms with E-state index in [0.29, 0.717) is 17.1 Å². The van der Waals surface area contributed by atoms with E-state index in [0.717, 1.165) is 25.1 Å². The van der Waals surface area contributed by atoms with E-state index >= 15 is 0 Å². The van der Waals surface area contributed by atoms with Crippen LogP contribution in [0.1, 0.15) is 31.2 Å². The summed E-state index contributed by atoms with van der Waals surface area (Å²) in [4.78, 5) is 0. The van der Waals surface area contributed by atoms with Crippen molar-refractivity contribution in [3.63, 3.8) is 0 Å². The van der Waals surface area contributed by atoms with Gasteiger partial charge in [-0.15, -0.1) is 0 Å². The van der Waals surface area contributed by atoms with Gasteiger partial charge in [-0.2, -0.15) is 0 Å². The number of halogens is 2. The van der Waals surface area contributed by atoms with Crippen LogP contribution in [-0.4, -0.2) is 19.2 Å². The van der Waals surface area contributed by atoms with Crippen LogP contribution in [0.5, 0.6) is 0 Å². The first-order valence-electron chi connectivity index (χ1n) is 6.51. The van der Waals surface area contributed by atoms with Crippen molar-refractivity contribution in [1.29, 1.82) is 0 Å². The minimum atomic E-state index is -0.231. The monoisotopic (exact) mass is 315 g/mol. The van der Waals surface area contributed by atoms with Gasteiger partial charge in [-0.1, -0.05) is 18.6 Å². The molecule has 1 aromatic carbocycles. The lowest BCUT2D eigenvalue weighted by Crippen LogP contribution is -2.34. The molecule has 1 saturated heterocycles. The van der Waals surface area contributed by atoms with E-state index in [1.54, 1.807) is 6.07 Å². The van der Waals surface area contributed by atoms with Gasteiger partial charge in [0, 0.05) is 12.6 Å². The maximum absolute atomic E-state index is 13.3. The summed E-state index contributed by atoms with van der Waals surface area (Å²) < 4.78 is 19.4. The van der Waals surface area contributed by atoms with Crippen molar-refractivity contribution in [1.82, 2.24) is 5.32 Å². The highest BCUT2D eigenvalue weighted by Crippen LogP contribution is 2.21. The largest absolute Gasteiger partial charge is 0.377 e. The Balaban J connectivity index is 1.70. The molecule has 0 spiro atoms. The van der Waals surface area contributed by atoms with Crippen molar-refractivity contribution < 1.29 is 9.13 Å². The van der Waals surface area contributed by atoms with Crippen LogP contribution in [0.4, 0.5) is 4.39 Å². The molecule has 100 valence electrons. The second-order valence-electron chi connectivity index (χ2n) is 4.70. The summed E-state index contributed by atoms with van der Waals surface area (Å²) >= 11 is 3.24. The van der Waals surface area contributed by atoms with Crippen molar-refractivity contribution in [3.8, 4) is 0 Å². The van der Waals surface area contributed by atoms with E-state index in [2.05, 4.69) is 21.2 Å². The smallest absolute Gasteiger partial charge is 0.137 e. The lowest BCUT2D eigenvalue weighted by atomic mass is 10.0. The zero-order chi connectivity index (χ0) is 12.8. The van der Waals surface area contributed by atoms with Crippen LogP contribution < -0.4 is 5.32 Å². The van der Waals surface area contributed by atoms with E-state index < -0.39 is 0 Å². The summed E-state index contributed by atoms with van der Waals surface area (Å²) in [5, 5.41) is 3.49. The molecule has 1 aliphatic heterocycles. The fourth-order valence-electron chi connectivity index (χ4n) is 2.24. The maximum Gasteiger partial charge on any atom is 0.137 e. The van der Waals surface area contributed by atoms with Gasteiger partial charge in [-0.3, -0.25) is 0 Å². The molecule has 0 aliphatic carbocycles. The topological polar surface area (TPSA) is 21.3 Å². The predicted molar refractivity (Wildman–Crippen MR) is 74.0 cm³/mol. The highest BCUT2D eigenvalue weighted by molar-refractivity contribution is 9.10. The molecule has 4 heteroatoms. The van der Waals surface area contributed by atoms with Crippen LogP contribution in [0.3, 0.4) is 0 Å². The summed E-state index contributed by atoms with van der Waals surface area (Å²) in [7, 11) is 0. The fourth-order valence-corrected chi connectivity index (χ4v) is 2.62. The zero-order valence-corrected chi connectivity index (χ0v) is 12.0. The van der Waals surface area contributed by atoms with Crippen molar-refractivity contribution >= 4 is 15.9 Å². The number of piperidine rings is 1. The third-order valence-electron chi connectivity index (χ3n) is 3.31. The Labute approximate surface area is 116 Å². The first-order valence-corrected chi connectivity index (χ1v) is 7.30. The standard InChI is InChI=1S/C14H19BrFNO/c15-14-11(4-3-6-13(14)16)10-18-9-7-12-5-1-2-8-17-12/h3-4,6,12,17H,1-2,5,7-10H2. The summed E-state index contributed by atoms with van der Waals surface area (Å²) in [6.07, 6.45) is 4.88. The van der Waals surface area contributed by atoms with Gasteiger partial charge < -0.3 is 10.1 Å². The Morgan fingerprint density at radius 2 is 2.28 bits per heavy atom. The molecule has 0 aromatic heterocycles. The number of hydrogen-bond acceptors (Lipinski definition) is 2. The average Bonchev–Trinajstić information content (AvgIpc) is 2.40. The molecule has 0 radical (unpaired) electrons. The van der Waals surface area contributed by atoms with E-state index in [1.807, 2.05) is 6.07 Å². The van der Waals surface area contributed by atoms with E-state index in [1.165, 1.54) is 25.3 Å². The number of nitrogens with one attached hydrogen (secondary N) is 1. The van der Waals surface area contributed by atoms with Crippen LogP contribution in [0.25, 0.3) is 0 Å². The van der Waals surface area contributed by atoms with Gasteiger partial charge in [0.2, 0.25) is 0 Å². The lowest BCUT2D eigenvalue weighted by Gasteiger charge is -2.23. The van der Waals surface area contributed by atoms with Crippen molar-refractivity contribution in [2.24, 2.45) is 0 Å². The molecule has 2 nitrogen and oxygen atoms in total. The van der Waals surface area contributed by atoms with Crippen molar-refractivity contribution in [2.45, 2.75) is 38.3 Å². The molecular weight excluding hydrogens is 297 g/mol. The average molecular weight is 316 g/mol. The molecule has 18 heavy (non-hydrogen) atoms. The Bertz CT molecular complexity index is 380. The van der Waals surface area contributed by atoms with Gasteiger partial charge in [-0.25, -0.2) is 4.39 Å². The molecule has 1 heterocycles. The van der Waals surface area contributed by atoms with Gasteiger partial charge in [0.25, 0.3) is 0 Å². The molecule has 1 aliphatic rings. The number of hydrogen-bond donors (Lipinski definition) is 1. The highest BCUT2D eigenvalue weighted by atomic mass is 79.9. The Kier molecular flexibility index (Phi) is 5.60. The summed E-state index contributed by atoms with van der Waals surface area (Å²) in [6, 6.07) is 5.63. The van der Waals surface area contributed by atoms with Gasteiger partial charge in [0.15, 0.2) is 0 Å². The molecular formula is C14H19BrFNO. The van der Waals surface area contributed by atoms with Gasteiger partial charge >= 0.3 is 0 Å². The molecule has 1 unspecified atom stereocenters. The molecule has 0 amide bonds.